The Labute approximate surface area is 124 Å². The maximum Gasteiger partial charge on any atom is 0.140 e. The number of hydrogen-bond acceptors (Lipinski definition) is 3. The number of halogens is 2. The van der Waals surface area contributed by atoms with Crippen molar-refractivity contribution in [2.45, 2.75) is 6.61 Å². The van der Waals surface area contributed by atoms with Crippen molar-refractivity contribution >= 4 is 15.9 Å². The highest BCUT2D eigenvalue weighted by Gasteiger charge is 2.06. The second-order valence-electron chi connectivity index (χ2n) is 3.97. The van der Waals surface area contributed by atoms with E-state index >= 15 is 0 Å². The molecule has 0 radical (unpaired) electrons. The van der Waals surface area contributed by atoms with Crippen LogP contribution in [0.1, 0.15) is 16.7 Å². The van der Waals surface area contributed by atoms with Crippen LogP contribution in [0.3, 0.4) is 0 Å². The summed E-state index contributed by atoms with van der Waals surface area (Å²) in [5, 5.41) is 17.8. The summed E-state index contributed by atoms with van der Waals surface area (Å²) >= 11 is 3.28. The van der Waals surface area contributed by atoms with Gasteiger partial charge in [-0.15, -0.1) is 0 Å². The molecule has 2 aromatic rings. The van der Waals surface area contributed by atoms with Crippen molar-refractivity contribution in [2.24, 2.45) is 0 Å². The maximum absolute atomic E-state index is 13.2. The summed E-state index contributed by atoms with van der Waals surface area (Å²) in [7, 11) is 0. The molecule has 0 atom stereocenters. The molecule has 0 unspecified atom stereocenters. The summed E-state index contributed by atoms with van der Waals surface area (Å²) in [4.78, 5) is 0. The van der Waals surface area contributed by atoms with Crippen LogP contribution in [-0.4, -0.2) is 0 Å². The van der Waals surface area contributed by atoms with Gasteiger partial charge in [-0.25, -0.2) is 4.39 Å². The molecule has 0 bridgehead atoms. The van der Waals surface area contributed by atoms with E-state index in [0.29, 0.717) is 16.9 Å². The molecular weight excluding hydrogens is 323 g/mol. The first-order chi connectivity index (χ1) is 9.63. The van der Waals surface area contributed by atoms with Gasteiger partial charge in [0.1, 0.15) is 30.3 Å². The van der Waals surface area contributed by atoms with Gasteiger partial charge in [-0.05, 0) is 35.9 Å². The smallest absolute Gasteiger partial charge is 0.140 e. The number of nitrogens with zero attached hydrogens (tertiary/aromatic N) is 2. The molecule has 0 N–H and O–H groups in total. The lowest BCUT2D eigenvalue weighted by Crippen LogP contribution is -1.98. The molecule has 5 heteroatoms. The van der Waals surface area contributed by atoms with Crippen LogP contribution in [-0.2, 0) is 6.61 Å². The van der Waals surface area contributed by atoms with Crippen LogP contribution in [0.5, 0.6) is 5.75 Å². The predicted molar refractivity (Wildman–Crippen MR) is 74.3 cm³/mol. The molecule has 0 aliphatic heterocycles. The van der Waals surface area contributed by atoms with E-state index in [1.807, 2.05) is 6.07 Å². The van der Waals surface area contributed by atoms with Crippen LogP contribution in [0.2, 0.25) is 0 Å². The van der Waals surface area contributed by atoms with Crippen LogP contribution in [0.4, 0.5) is 4.39 Å². The summed E-state index contributed by atoms with van der Waals surface area (Å²) in [6, 6.07) is 13.1. The standard InChI is InChI=1S/C15H8BrFN2O/c16-13-2-4-15(12(6-13)8-19)20-9-10-1-3-14(17)11(5-10)7-18/h1-6H,9H2. The van der Waals surface area contributed by atoms with Crippen LogP contribution in [0.25, 0.3) is 0 Å². The van der Waals surface area contributed by atoms with E-state index in [4.69, 9.17) is 15.3 Å². The zero-order valence-electron chi connectivity index (χ0n) is 10.2. The molecule has 0 aromatic heterocycles. The fourth-order valence-electron chi connectivity index (χ4n) is 1.62. The second-order valence-corrected chi connectivity index (χ2v) is 4.88. The Morgan fingerprint density at radius 1 is 1.05 bits per heavy atom. The fourth-order valence-corrected chi connectivity index (χ4v) is 1.99. The summed E-state index contributed by atoms with van der Waals surface area (Å²) in [6.45, 7) is 0.158. The molecule has 2 aromatic carbocycles. The topological polar surface area (TPSA) is 56.8 Å². The second kappa shape index (κ2) is 6.18. The van der Waals surface area contributed by atoms with Crippen LogP contribution >= 0.6 is 15.9 Å². The Morgan fingerprint density at radius 3 is 2.50 bits per heavy atom. The van der Waals surface area contributed by atoms with E-state index in [-0.39, 0.29) is 12.2 Å². The lowest BCUT2D eigenvalue weighted by Gasteiger charge is -2.08. The summed E-state index contributed by atoms with van der Waals surface area (Å²) in [5.41, 5.74) is 1.04. The van der Waals surface area contributed by atoms with Crippen molar-refractivity contribution in [1.82, 2.24) is 0 Å². The van der Waals surface area contributed by atoms with Gasteiger partial charge in [0.25, 0.3) is 0 Å². The zero-order chi connectivity index (χ0) is 14.5. The maximum atomic E-state index is 13.2. The average Bonchev–Trinajstić information content (AvgIpc) is 2.47. The van der Waals surface area contributed by atoms with Gasteiger partial charge in [-0.2, -0.15) is 10.5 Å². The highest BCUT2D eigenvalue weighted by Crippen LogP contribution is 2.23. The first-order valence-electron chi connectivity index (χ1n) is 5.65. The zero-order valence-corrected chi connectivity index (χ0v) is 11.8. The van der Waals surface area contributed by atoms with E-state index in [9.17, 15) is 4.39 Å². The summed E-state index contributed by atoms with van der Waals surface area (Å²) in [5.74, 6) is -0.115. The molecule has 0 saturated carbocycles. The monoisotopic (exact) mass is 330 g/mol. The lowest BCUT2D eigenvalue weighted by molar-refractivity contribution is 0.305. The Balaban J connectivity index is 2.18. The predicted octanol–water partition coefficient (Wildman–Crippen LogP) is 3.91. The first-order valence-corrected chi connectivity index (χ1v) is 6.44. The molecule has 0 amide bonds. The van der Waals surface area contributed by atoms with Crippen LogP contribution in [0.15, 0.2) is 40.9 Å². The number of ether oxygens (including phenoxy) is 1. The normalized spacial score (nSPS) is 9.60. The van der Waals surface area contributed by atoms with Gasteiger partial charge in [0.15, 0.2) is 0 Å². The van der Waals surface area contributed by atoms with Crippen LogP contribution < -0.4 is 4.74 Å². The summed E-state index contributed by atoms with van der Waals surface area (Å²) in [6.07, 6.45) is 0. The Kier molecular flexibility index (Phi) is 4.34. The van der Waals surface area contributed by atoms with E-state index in [0.717, 1.165) is 4.47 Å². The first kappa shape index (κ1) is 14.0. The molecule has 98 valence electrons. The average molecular weight is 331 g/mol. The Hall–Kier alpha value is -2.37. The van der Waals surface area contributed by atoms with Crippen molar-refractivity contribution in [1.29, 1.82) is 10.5 Å². The van der Waals surface area contributed by atoms with Gasteiger partial charge in [-0.3, -0.25) is 0 Å². The van der Waals surface area contributed by atoms with Crippen molar-refractivity contribution in [2.75, 3.05) is 0 Å². The van der Waals surface area contributed by atoms with Crippen molar-refractivity contribution in [3.8, 4) is 17.9 Å². The number of hydrogen-bond donors (Lipinski definition) is 0. The summed E-state index contributed by atoms with van der Waals surface area (Å²) < 4.78 is 19.5. The third-order valence-corrected chi connectivity index (χ3v) is 3.10. The van der Waals surface area contributed by atoms with Gasteiger partial charge in [-0.1, -0.05) is 22.0 Å². The van der Waals surface area contributed by atoms with Gasteiger partial charge >= 0.3 is 0 Å². The minimum atomic E-state index is -0.558. The lowest BCUT2D eigenvalue weighted by atomic mass is 10.1. The third kappa shape index (κ3) is 3.14. The minimum absolute atomic E-state index is 0.0255. The number of nitriles is 2. The molecule has 3 nitrogen and oxygen atoms in total. The third-order valence-electron chi connectivity index (χ3n) is 2.61. The van der Waals surface area contributed by atoms with Gasteiger partial charge < -0.3 is 4.74 Å². The fraction of sp³-hybridized carbons (Fsp3) is 0.0667. The molecule has 0 heterocycles. The molecule has 0 aliphatic carbocycles. The molecule has 0 saturated heterocycles. The molecule has 0 fully saturated rings. The van der Waals surface area contributed by atoms with Crippen LogP contribution in [0, 0.1) is 28.5 Å². The minimum Gasteiger partial charge on any atom is -0.488 e. The van der Waals surface area contributed by atoms with Crippen molar-refractivity contribution < 1.29 is 9.13 Å². The SMILES string of the molecule is N#Cc1cc(COc2ccc(Br)cc2C#N)ccc1F. The Morgan fingerprint density at radius 2 is 1.80 bits per heavy atom. The van der Waals surface area contributed by atoms with E-state index in [1.165, 1.54) is 12.1 Å². The molecule has 2 rings (SSSR count). The van der Waals surface area contributed by atoms with Gasteiger partial charge in [0.05, 0.1) is 11.1 Å². The van der Waals surface area contributed by atoms with Crippen molar-refractivity contribution in [3.63, 3.8) is 0 Å². The van der Waals surface area contributed by atoms with E-state index in [1.54, 1.807) is 30.3 Å². The highest BCUT2D eigenvalue weighted by atomic mass is 79.9. The van der Waals surface area contributed by atoms with E-state index < -0.39 is 5.82 Å². The number of rotatable bonds is 3. The quantitative estimate of drug-likeness (QED) is 0.857. The van der Waals surface area contributed by atoms with Gasteiger partial charge in [0, 0.05) is 4.47 Å². The molecule has 0 aliphatic rings. The number of benzene rings is 2. The molecular formula is C15H8BrFN2O. The highest BCUT2D eigenvalue weighted by molar-refractivity contribution is 9.10. The molecule has 0 spiro atoms. The van der Waals surface area contributed by atoms with Gasteiger partial charge in [0.2, 0.25) is 0 Å². The largest absolute Gasteiger partial charge is 0.488 e. The Bertz CT molecular complexity index is 732. The van der Waals surface area contributed by atoms with E-state index in [2.05, 4.69) is 15.9 Å². The van der Waals surface area contributed by atoms with Crippen molar-refractivity contribution in [3.05, 3.63) is 63.4 Å². The molecule has 20 heavy (non-hydrogen) atoms.